The molecule has 0 bridgehead atoms. The molecule has 1 saturated heterocycles. The second-order valence-electron chi connectivity index (χ2n) is 8.48. The van der Waals surface area contributed by atoms with Crippen molar-refractivity contribution in [2.24, 2.45) is 11.3 Å². The van der Waals surface area contributed by atoms with Crippen molar-refractivity contribution in [3.8, 4) is 0 Å². The summed E-state index contributed by atoms with van der Waals surface area (Å²) in [5.74, 6) is -1.01. The molecule has 1 aromatic heterocycles. The molecular weight excluding hydrogens is 351 g/mol. The molecule has 0 aromatic carbocycles. The molecule has 9 heteroatoms. The van der Waals surface area contributed by atoms with E-state index >= 15 is 0 Å². The van der Waals surface area contributed by atoms with Crippen molar-refractivity contribution in [2.45, 2.75) is 64.7 Å². The van der Waals surface area contributed by atoms with Crippen molar-refractivity contribution in [3.05, 3.63) is 11.8 Å². The lowest BCUT2D eigenvalue weighted by Crippen LogP contribution is -2.60. The highest BCUT2D eigenvalue weighted by Crippen LogP contribution is 2.46. The Hall–Kier alpha value is -1.80. The molecule has 0 unspecified atom stereocenters. The first-order chi connectivity index (χ1) is 12.0. The summed E-state index contributed by atoms with van der Waals surface area (Å²) < 4.78 is 47.6. The first-order valence-electron chi connectivity index (χ1n) is 8.83. The number of aromatic nitrogens is 2. The summed E-state index contributed by atoms with van der Waals surface area (Å²) in [6.07, 6.45) is -0.865. The van der Waals surface area contributed by atoms with E-state index in [2.05, 4.69) is 10.2 Å². The molecule has 0 radical (unpaired) electrons. The van der Waals surface area contributed by atoms with Crippen LogP contribution in [0.1, 0.15) is 58.2 Å². The molecule has 2 fully saturated rings. The summed E-state index contributed by atoms with van der Waals surface area (Å²) in [5.41, 5.74) is -0.379. The van der Waals surface area contributed by atoms with Gasteiger partial charge in [-0.2, -0.15) is 13.2 Å². The Morgan fingerprint density at radius 1 is 1.23 bits per heavy atom. The van der Waals surface area contributed by atoms with Gasteiger partial charge in [0.1, 0.15) is 5.60 Å². The van der Waals surface area contributed by atoms with E-state index in [1.807, 2.05) is 20.8 Å². The predicted molar refractivity (Wildman–Crippen MR) is 85.2 cm³/mol. The number of hydrogen-bond acceptors (Lipinski definition) is 5. The number of halogens is 3. The molecule has 2 heterocycles. The van der Waals surface area contributed by atoms with E-state index in [1.165, 1.54) is 0 Å². The molecule has 1 aromatic rings. The minimum Gasteiger partial charge on any atom is -0.444 e. The number of hydrogen-bond donors (Lipinski definition) is 0. The van der Waals surface area contributed by atoms with E-state index in [9.17, 15) is 18.0 Å². The lowest BCUT2D eigenvalue weighted by molar-refractivity contribution is -0.157. The number of likely N-dealkylation sites (tertiary alicyclic amines) is 1. The normalized spacial score (nSPS) is 20.9. The maximum atomic E-state index is 12.5. The Balaban J connectivity index is 1.45. The van der Waals surface area contributed by atoms with Gasteiger partial charge in [0, 0.05) is 24.9 Å². The van der Waals surface area contributed by atoms with E-state index in [1.54, 1.807) is 4.90 Å². The van der Waals surface area contributed by atoms with Crippen molar-refractivity contribution in [3.63, 3.8) is 0 Å². The molecule has 2 aliphatic rings. The predicted octanol–water partition coefficient (Wildman–Crippen LogP) is 4.06. The number of ether oxygens (including phenoxy) is 1. The van der Waals surface area contributed by atoms with Crippen LogP contribution in [0, 0.1) is 11.3 Å². The van der Waals surface area contributed by atoms with Gasteiger partial charge in [-0.1, -0.05) is 0 Å². The number of alkyl halides is 3. The second kappa shape index (κ2) is 6.42. The lowest BCUT2D eigenvalue weighted by atomic mass is 9.65. The summed E-state index contributed by atoms with van der Waals surface area (Å²) in [4.78, 5) is 13.8. The van der Waals surface area contributed by atoms with Gasteiger partial charge < -0.3 is 14.1 Å². The van der Waals surface area contributed by atoms with Crippen LogP contribution in [0.4, 0.5) is 18.0 Å². The van der Waals surface area contributed by atoms with Crippen molar-refractivity contribution in [1.29, 1.82) is 0 Å². The largest absolute Gasteiger partial charge is 0.470 e. The van der Waals surface area contributed by atoms with Gasteiger partial charge in [0.2, 0.25) is 5.89 Å². The second-order valence-corrected chi connectivity index (χ2v) is 8.48. The minimum atomic E-state index is -4.60. The summed E-state index contributed by atoms with van der Waals surface area (Å²) >= 11 is 0. The van der Waals surface area contributed by atoms with Gasteiger partial charge in [-0.3, -0.25) is 0 Å². The fourth-order valence-corrected chi connectivity index (χ4v) is 3.73. The van der Waals surface area contributed by atoms with E-state index in [0.717, 1.165) is 25.7 Å². The van der Waals surface area contributed by atoms with Crippen LogP contribution in [-0.4, -0.2) is 39.9 Å². The Labute approximate surface area is 150 Å². The van der Waals surface area contributed by atoms with Gasteiger partial charge in [-0.25, -0.2) is 4.79 Å². The number of carbonyl (C=O) groups excluding carboxylic acids is 1. The maximum absolute atomic E-state index is 12.5. The zero-order valence-electron chi connectivity index (χ0n) is 15.2. The molecule has 1 saturated carbocycles. The molecular formula is C17H24F3N3O3. The summed E-state index contributed by atoms with van der Waals surface area (Å²) in [7, 11) is 0. The maximum Gasteiger partial charge on any atom is 0.470 e. The molecule has 1 aliphatic heterocycles. The fourth-order valence-electron chi connectivity index (χ4n) is 3.73. The standard InChI is InChI=1S/C17H24F3N3O3/c1-15(2,3)26-14(24)23-9-16(10-23)6-4-11(5-7-16)8-12-21-22-13(25-12)17(18,19)20/h11H,4-10H2,1-3H3. The Bertz CT molecular complexity index is 650. The highest BCUT2D eigenvalue weighted by molar-refractivity contribution is 5.69. The summed E-state index contributed by atoms with van der Waals surface area (Å²) in [5, 5.41) is 6.58. The Kier molecular flexibility index (Phi) is 4.69. The topological polar surface area (TPSA) is 68.5 Å². The summed E-state index contributed by atoms with van der Waals surface area (Å²) in [6.45, 7) is 6.90. The summed E-state index contributed by atoms with van der Waals surface area (Å²) in [6, 6.07) is 0. The molecule has 1 spiro atoms. The van der Waals surface area contributed by atoms with Crippen molar-refractivity contribution >= 4 is 6.09 Å². The first-order valence-corrected chi connectivity index (χ1v) is 8.83. The lowest BCUT2D eigenvalue weighted by Gasteiger charge is -2.53. The van der Waals surface area contributed by atoms with Crippen LogP contribution in [0.15, 0.2) is 4.42 Å². The van der Waals surface area contributed by atoms with Gasteiger partial charge >= 0.3 is 18.2 Å². The zero-order valence-corrected chi connectivity index (χ0v) is 15.2. The van der Waals surface area contributed by atoms with Crippen molar-refractivity contribution in [1.82, 2.24) is 15.1 Å². The quantitative estimate of drug-likeness (QED) is 0.780. The van der Waals surface area contributed by atoms with Crippen LogP contribution in [0.5, 0.6) is 0 Å². The van der Waals surface area contributed by atoms with Gasteiger partial charge in [-0.15, -0.1) is 10.2 Å². The average molecular weight is 375 g/mol. The van der Waals surface area contributed by atoms with Gasteiger partial charge in [0.25, 0.3) is 0 Å². The third-order valence-electron chi connectivity index (χ3n) is 5.04. The van der Waals surface area contributed by atoms with Crippen LogP contribution >= 0.6 is 0 Å². The zero-order chi connectivity index (χ0) is 19.2. The SMILES string of the molecule is CC(C)(C)OC(=O)N1CC2(CCC(Cc3nnc(C(F)(F)F)o3)CC2)C1. The highest BCUT2D eigenvalue weighted by atomic mass is 19.4. The van der Waals surface area contributed by atoms with Crippen molar-refractivity contribution < 1.29 is 27.1 Å². The molecule has 1 amide bonds. The molecule has 146 valence electrons. The Morgan fingerprint density at radius 2 is 1.85 bits per heavy atom. The smallest absolute Gasteiger partial charge is 0.444 e. The molecule has 0 N–H and O–H groups in total. The number of amides is 1. The van der Waals surface area contributed by atoms with Crippen molar-refractivity contribution in [2.75, 3.05) is 13.1 Å². The highest BCUT2D eigenvalue weighted by Gasteiger charge is 2.48. The number of nitrogens with zero attached hydrogens (tertiary/aromatic N) is 3. The number of rotatable bonds is 2. The minimum absolute atomic E-state index is 0.0438. The van der Waals surface area contributed by atoms with Crippen LogP contribution in [-0.2, 0) is 17.3 Å². The van der Waals surface area contributed by atoms with Gasteiger partial charge in [0.15, 0.2) is 0 Å². The van der Waals surface area contributed by atoms with Crippen LogP contribution in [0.3, 0.4) is 0 Å². The third-order valence-corrected chi connectivity index (χ3v) is 5.04. The first kappa shape index (κ1) is 19.0. The van der Waals surface area contributed by atoms with Gasteiger partial charge in [-0.05, 0) is 52.4 Å². The van der Waals surface area contributed by atoms with Crippen LogP contribution in [0.2, 0.25) is 0 Å². The average Bonchev–Trinajstić information content (AvgIpc) is 2.92. The van der Waals surface area contributed by atoms with E-state index in [4.69, 9.17) is 9.15 Å². The molecule has 3 rings (SSSR count). The molecule has 0 atom stereocenters. The monoisotopic (exact) mass is 375 g/mol. The molecule has 1 aliphatic carbocycles. The van der Waals surface area contributed by atoms with Crippen LogP contribution in [0.25, 0.3) is 0 Å². The van der Waals surface area contributed by atoms with Crippen LogP contribution < -0.4 is 0 Å². The van der Waals surface area contributed by atoms with E-state index in [0.29, 0.717) is 19.5 Å². The van der Waals surface area contributed by atoms with E-state index in [-0.39, 0.29) is 23.3 Å². The Morgan fingerprint density at radius 3 is 2.35 bits per heavy atom. The third kappa shape index (κ3) is 4.29. The molecule has 26 heavy (non-hydrogen) atoms. The number of carbonyl (C=O) groups is 1. The molecule has 6 nitrogen and oxygen atoms in total. The fraction of sp³-hybridized carbons (Fsp3) is 0.824. The van der Waals surface area contributed by atoms with Gasteiger partial charge in [0.05, 0.1) is 0 Å². The van der Waals surface area contributed by atoms with E-state index < -0.39 is 17.7 Å².